The highest BCUT2D eigenvalue weighted by Gasteiger charge is 2.26. The first-order chi connectivity index (χ1) is 13.2. The molecule has 27 heavy (non-hydrogen) atoms. The normalized spacial score (nSPS) is 20.1. The predicted molar refractivity (Wildman–Crippen MR) is 104 cm³/mol. The highest BCUT2D eigenvalue weighted by molar-refractivity contribution is 5.87. The van der Waals surface area contributed by atoms with Crippen LogP contribution < -0.4 is 0 Å². The number of carbonyl (C=O) groups is 1. The zero-order valence-electron chi connectivity index (χ0n) is 15.5. The average Bonchev–Trinajstić information content (AvgIpc) is 3.60. The molecule has 0 aliphatic carbocycles. The van der Waals surface area contributed by atoms with Crippen LogP contribution in [0.4, 0.5) is 0 Å². The number of rotatable bonds is 9. The van der Waals surface area contributed by atoms with Gasteiger partial charge in [-0.25, -0.2) is 0 Å². The molecular formula is C23H25NO3. The maximum atomic E-state index is 12.6. The Bertz CT molecular complexity index is 764. The van der Waals surface area contributed by atoms with Gasteiger partial charge < -0.3 is 14.4 Å². The third-order valence-electron chi connectivity index (χ3n) is 5.15. The molecular weight excluding hydrogens is 338 g/mol. The van der Waals surface area contributed by atoms with Crippen molar-refractivity contribution < 1.29 is 14.3 Å². The number of hydrogen-bond donors (Lipinski definition) is 0. The van der Waals surface area contributed by atoms with E-state index in [0.717, 1.165) is 26.1 Å². The maximum Gasteiger partial charge on any atom is 0.246 e. The summed E-state index contributed by atoms with van der Waals surface area (Å²) in [6.45, 7) is 6.51. The van der Waals surface area contributed by atoms with Crippen LogP contribution in [0.5, 0.6) is 0 Å². The average molecular weight is 363 g/mol. The monoisotopic (exact) mass is 363 g/mol. The van der Waals surface area contributed by atoms with Gasteiger partial charge in [-0.1, -0.05) is 55.1 Å². The second-order valence-corrected chi connectivity index (χ2v) is 7.25. The minimum Gasteiger partial charge on any atom is -0.373 e. The maximum absolute atomic E-state index is 12.6. The quantitative estimate of drug-likeness (QED) is 0.507. The summed E-state index contributed by atoms with van der Waals surface area (Å²) in [5.74, 6) is -0.0510. The summed E-state index contributed by atoms with van der Waals surface area (Å²) in [4.78, 5) is 14.4. The van der Waals surface area contributed by atoms with E-state index in [4.69, 9.17) is 9.47 Å². The SMILES string of the molecule is C=CC(=O)N(Cc1ccccc1CC1CO1)Cc1ccccc1CC1CO1. The summed E-state index contributed by atoms with van der Waals surface area (Å²) in [5.41, 5.74) is 4.85. The van der Waals surface area contributed by atoms with Crippen LogP contribution in [0.2, 0.25) is 0 Å². The van der Waals surface area contributed by atoms with E-state index in [-0.39, 0.29) is 5.91 Å². The second kappa shape index (κ2) is 8.07. The lowest BCUT2D eigenvalue weighted by atomic mass is 10.0. The van der Waals surface area contributed by atoms with Crippen molar-refractivity contribution in [3.63, 3.8) is 0 Å². The van der Waals surface area contributed by atoms with Crippen molar-refractivity contribution in [3.05, 3.63) is 83.4 Å². The van der Waals surface area contributed by atoms with Gasteiger partial charge in [0.05, 0.1) is 25.4 Å². The van der Waals surface area contributed by atoms with E-state index < -0.39 is 0 Å². The minimum absolute atomic E-state index is 0.0510. The van der Waals surface area contributed by atoms with Gasteiger partial charge >= 0.3 is 0 Å². The molecule has 140 valence electrons. The molecule has 0 saturated carbocycles. The third-order valence-corrected chi connectivity index (χ3v) is 5.15. The van der Waals surface area contributed by atoms with Gasteiger partial charge in [-0.3, -0.25) is 4.79 Å². The molecule has 2 unspecified atom stereocenters. The first-order valence-electron chi connectivity index (χ1n) is 9.51. The van der Waals surface area contributed by atoms with Gasteiger partial charge in [0.25, 0.3) is 0 Å². The molecule has 4 rings (SSSR count). The standard InChI is InChI=1S/C23H25NO3/c1-2-23(25)24(13-19-9-5-3-7-17(19)11-21-15-26-21)14-20-10-6-4-8-18(20)12-22-16-27-22/h2-10,21-22H,1,11-16H2. The highest BCUT2D eigenvalue weighted by Crippen LogP contribution is 2.23. The van der Waals surface area contributed by atoms with Crippen LogP contribution in [0, 0.1) is 0 Å². The number of carbonyl (C=O) groups excluding carboxylic acids is 1. The van der Waals surface area contributed by atoms with E-state index in [1.54, 1.807) is 0 Å². The Morgan fingerprint density at radius 2 is 1.30 bits per heavy atom. The van der Waals surface area contributed by atoms with Gasteiger partial charge in [0, 0.05) is 25.9 Å². The summed E-state index contributed by atoms with van der Waals surface area (Å²) in [6, 6.07) is 16.6. The number of hydrogen-bond acceptors (Lipinski definition) is 3. The summed E-state index contributed by atoms with van der Waals surface area (Å²) < 4.78 is 10.8. The van der Waals surface area contributed by atoms with Crippen molar-refractivity contribution in [1.82, 2.24) is 4.90 Å². The van der Waals surface area contributed by atoms with E-state index in [2.05, 4.69) is 30.8 Å². The third kappa shape index (κ3) is 4.85. The number of benzene rings is 2. The zero-order chi connectivity index (χ0) is 18.6. The van der Waals surface area contributed by atoms with Crippen molar-refractivity contribution in [1.29, 1.82) is 0 Å². The summed E-state index contributed by atoms with van der Waals surface area (Å²) >= 11 is 0. The van der Waals surface area contributed by atoms with Crippen LogP contribution in [0.25, 0.3) is 0 Å². The first-order valence-corrected chi connectivity index (χ1v) is 9.51. The Balaban J connectivity index is 1.54. The molecule has 2 aromatic carbocycles. The molecule has 4 nitrogen and oxygen atoms in total. The van der Waals surface area contributed by atoms with Crippen LogP contribution >= 0.6 is 0 Å². The Morgan fingerprint density at radius 1 is 0.889 bits per heavy atom. The Labute approximate surface area is 160 Å². The lowest BCUT2D eigenvalue weighted by Gasteiger charge is -2.24. The fraction of sp³-hybridized carbons (Fsp3) is 0.348. The molecule has 2 fully saturated rings. The number of epoxide rings is 2. The van der Waals surface area contributed by atoms with Crippen molar-refractivity contribution in [2.24, 2.45) is 0 Å². The molecule has 4 heteroatoms. The Morgan fingerprint density at radius 3 is 1.67 bits per heavy atom. The number of nitrogens with zero attached hydrogens (tertiary/aromatic N) is 1. The van der Waals surface area contributed by atoms with Crippen molar-refractivity contribution >= 4 is 5.91 Å². The Hall–Kier alpha value is -2.43. The fourth-order valence-electron chi connectivity index (χ4n) is 3.44. The summed E-state index contributed by atoms with van der Waals surface area (Å²) in [5, 5.41) is 0. The minimum atomic E-state index is -0.0510. The van der Waals surface area contributed by atoms with Crippen molar-refractivity contribution in [2.45, 2.75) is 38.1 Å². The van der Waals surface area contributed by atoms with Crippen LogP contribution in [0.15, 0.2) is 61.2 Å². The molecule has 0 N–H and O–H groups in total. The summed E-state index contributed by atoms with van der Waals surface area (Å²) in [7, 11) is 0. The number of ether oxygens (including phenoxy) is 2. The molecule has 2 aliphatic heterocycles. The molecule has 0 aromatic heterocycles. The van der Waals surface area contributed by atoms with Crippen molar-refractivity contribution in [3.8, 4) is 0 Å². The zero-order valence-corrected chi connectivity index (χ0v) is 15.5. The molecule has 2 aliphatic rings. The van der Waals surface area contributed by atoms with E-state index >= 15 is 0 Å². The first kappa shape index (κ1) is 18.0. The highest BCUT2D eigenvalue weighted by atomic mass is 16.6. The van der Waals surface area contributed by atoms with Crippen LogP contribution in [-0.4, -0.2) is 36.2 Å². The topological polar surface area (TPSA) is 45.4 Å². The lowest BCUT2D eigenvalue weighted by Crippen LogP contribution is -2.29. The van der Waals surface area contributed by atoms with Crippen LogP contribution in [-0.2, 0) is 40.2 Å². The van der Waals surface area contributed by atoms with E-state index in [1.807, 2.05) is 29.2 Å². The van der Waals surface area contributed by atoms with Gasteiger partial charge in [0.2, 0.25) is 5.91 Å². The smallest absolute Gasteiger partial charge is 0.246 e. The molecule has 2 saturated heterocycles. The largest absolute Gasteiger partial charge is 0.373 e. The molecule has 2 aromatic rings. The van der Waals surface area contributed by atoms with E-state index in [1.165, 1.54) is 28.3 Å². The van der Waals surface area contributed by atoms with Crippen molar-refractivity contribution in [2.75, 3.05) is 13.2 Å². The Kier molecular flexibility index (Phi) is 5.37. The fourth-order valence-corrected chi connectivity index (χ4v) is 3.44. The summed E-state index contributed by atoms with van der Waals surface area (Å²) in [6.07, 6.45) is 3.87. The van der Waals surface area contributed by atoms with Gasteiger partial charge in [-0.15, -0.1) is 0 Å². The molecule has 1 amide bonds. The van der Waals surface area contributed by atoms with Gasteiger partial charge in [0.15, 0.2) is 0 Å². The number of amides is 1. The molecule has 0 spiro atoms. The molecule has 0 radical (unpaired) electrons. The predicted octanol–water partition coefficient (Wildman–Crippen LogP) is 3.28. The lowest BCUT2D eigenvalue weighted by molar-refractivity contribution is -0.127. The van der Waals surface area contributed by atoms with E-state index in [0.29, 0.717) is 25.3 Å². The van der Waals surface area contributed by atoms with Gasteiger partial charge in [0.1, 0.15) is 0 Å². The van der Waals surface area contributed by atoms with Crippen LogP contribution in [0.1, 0.15) is 22.3 Å². The second-order valence-electron chi connectivity index (χ2n) is 7.25. The molecule has 0 bridgehead atoms. The van der Waals surface area contributed by atoms with Gasteiger partial charge in [-0.2, -0.15) is 0 Å². The van der Waals surface area contributed by atoms with E-state index in [9.17, 15) is 4.79 Å². The van der Waals surface area contributed by atoms with Crippen LogP contribution in [0.3, 0.4) is 0 Å². The molecule has 2 atom stereocenters. The molecule has 2 heterocycles. The van der Waals surface area contributed by atoms with Gasteiger partial charge in [-0.05, 0) is 28.3 Å².